The van der Waals surface area contributed by atoms with E-state index >= 15 is 0 Å². The number of aliphatic hydroxyl groups is 1. The van der Waals surface area contributed by atoms with Crippen molar-refractivity contribution in [3.63, 3.8) is 0 Å². The van der Waals surface area contributed by atoms with E-state index in [-0.39, 0.29) is 23.8 Å². The van der Waals surface area contributed by atoms with Crippen molar-refractivity contribution in [2.75, 3.05) is 30.8 Å². The van der Waals surface area contributed by atoms with E-state index in [1.807, 2.05) is 0 Å². The minimum Gasteiger partial charge on any atom is -0.548 e. The molecule has 0 fully saturated rings. The first-order chi connectivity index (χ1) is 10.4. The lowest BCUT2D eigenvalue weighted by Crippen LogP contribution is -2.51. The summed E-state index contributed by atoms with van der Waals surface area (Å²) < 4.78 is 0. The summed E-state index contributed by atoms with van der Waals surface area (Å²) in [5.41, 5.74) is 4.04. The molecule has 1 rings (SSSR count). The smallest absolute Gasteiger partial charge is 0.251 e. The fourth-order valence-electron chi connectivity index (χ4n) is 1.19. The highest BCUT2D eigenvalue weighted by molar-refractivity contribution is 7.81. The molecule has 0 radical (unpaired) electrons. The van der Waals surface area contributed by atoms with Crippen molar-refractivity contribution in [3.8, 4) is 0 Å². The predicted molar refractivity (Wildman–Crippen MR) is 81.1 cm³/mol. The topological polar surface area (TPSA) is 146 Å². The molecule has 0 heterocycles. The standard InChI is InChI=1S/C11H12N2O4S.C2H7NO/c14-9(6-18)13-8-3-1-2-7(4-8)11(17)12-5-10(15)16;3-1-2-4/h1-4,18H,5-6H2,(H,12,17)(H,13,14)(H,15,16);4H,1-3H2. The maximum absolute atomic E-state index is 11.5. The second-order valence-electron chi connectivity index (χ2n) is 3.92. The Bertz CT molecular complexity index is 508. The van der Waals surface area contributed by atoms with Gasteiger partial charge < -0.3 is 31.4 Å². The molecule has 8 nitrogen and oxygen atoms in total. The molecule has 0 aromatic heterocycles. The molecule has 0 saturated heterocycles. The van der Waals surface area contributed by atoms with Gasteiger partial charge in [0.25, 0.3) is 5.91 Å². The van der Waals surface area contributed by atoms with Crippen LogP contribution in [0.25, 0.3) is 0 Å². The van der Waals surface area contributed by atoms with Crippen LogP contribution in [0.3, 0.4) is 0 Å². The van der Waals surface area contributed by atoms with E-state index in [0.29, 0.717) is 12.2 Å². The van der Waals surface area contributed by atoms with Crippen LogP contribution in [0.1, 0.15) is 10.4 Å². The number of aliphatic hydroxyl groups excluding tert-OH is 1. The molecule has 122 valence electrons. The van der Waals surface area contributed by atoms with Crippen molar-refractivity contribution in [3.05, 3.63) is 29.8 Å². The van der Waals surface area contributed by atoms with E-state index in [0.717, 1.165) is 0 Å². The third-order valence-electron chi connectivity index (χ3n) is 2.10. The second kappa shape index (κ2) is 11.5. The number of nitrogens with one attached hydrogen (secondary N) is 2. The van der Waals surface area contributed by atoms with E-state index in [1.165, 1.54) is 12.1 Å². The van der Waals surface area contributed by atoms with Crippen LogP contribution in [0.5, 0.6) is 0 Å². The highest BCUT2D eigenvalue weighted by Crippen LogP contribution is 2.10. The van der Waals surface area contributed by atoms with Crippen LogP contribution in [-0.4, -0.2) is 48.3 Å². The molecule has 6 N–H and O–H groups in total. The van der Waals surface area contributed by atoms with Gasteiger partial charge in [0.15, 0.2) is 0 Å². The number of carbonyl (C=O) groups excluding carboxylic acids is 3. The number of carboxylic acids is 1. The molecule has 9 heteroatoms. The Morgan fingerprint density at radius 1 is 1.32 bits per heavy atom. The van der Waals surface area contributed by atoms with Crippen LogP contribution in [0.2, 0.25) is 0 Å². The van der Waals surface area contributed by atoms with Crippen molar-refractivity contribution in [2.24, 2.45) is 0 Å². The van der Waals surface area contributed by atoms with Crippen LogP contribution >= 0.6 is 12.6 Å². The zero-order valence-corrected chi connectivity index (χ0v) is 12.8. The third-order valence-corrected chi connectivity index (χ3v) is 2.39. The zero-order valence-electron chi connectivity index (χ0n) is 11.9. The van der Waals surface area contributed by atoms with Crippen LogP contribution < -0.4 is 21.5 Å². The van der Waals surface area contributed by atoms with Gasteiger partial charge in [0.05, 0.1) is 31.4 Å². The Hall–Kier alpha value is -2.10. The molecule has 0 saturated carbocycles. The van der Waals surface area contributed by atoms with Gasteiger partial charge in [0.1, 0.15) is 0 Å². The first kappa shape index (κ1) is 19.9. The largest absolute Gasteiger partial charge is 0.548 e. The highest BCUT2D eigenvalue weighted by Gasteiger charge is 2.06. The van der Waals surface area contributed by atoms with E-state index in [2.05, 4.69) is 29.0 Å². The van der Waals surface area contributed by atoms with Crippen LogP contribution in [-0.2, 0) is 9.59 Å². The third kappa shape index (κ3) is 8.95. The zero-order chi connectivity index (χ0) is 17.0. The van der Waals surface area contributed by atoms with E-state index < -0.39 is 18.4 Å². The first-order valence-corrected chi connectivity index (χ1v) is 6.96. The fraction of sp³-hybridized carbons (Fsp3) is 0.308. The Balaban J connectivity index is 0.000000980. The monoisotopic (exact) mass is 329 g/mol. The fourth-order valence-corrected chi connectivity index (χ4v) is 1.27. The van der Waals surface area contributed by atoms with E-state index in [4.69, 9.17) is 5.11 Å². The van der Waals surface area contributed by atoms with Crippen LogP contribution in [0, 0.1) is 0 Å². The van der Waals surface area contributed by atoms with Crippen molar-refractivity contribution in [1.82, 2.24) is 5.32 Å². The van der Waals surface area contributed by atoms with Gasteiger partial charge >= 0.3 is 0 Å². The number of carbonyl (C=O) groups is 3. The molecule has 1 aromatic rings. The van der Waals surface area contributed by atoms with E-state index in [1.54, 1.807) is 12.1 Å². The van der Waals surface area contributed by atoms with Gasteiger partial charge in [-0.3, -0.25) is 9.59 Å². The normalized spacial score (nSPS) is 9.23. The first-order valence-electron chi connectivity index (χ1n) is 6.33. The summed E-state index contributed by atoms with van der Waals surface area (Å²) in [5.74, 6) is -2.20. The number of anilines is 1. The van der Waals surface area contributed by atoms with Gasteiger partial charge in [0.2, 0.25) is 5.91 Å². The molecule has 0 unspecified atom stereocenters. The van der Waals surface area contributed by atoms with Crippen molar-refractivity contribution in [2.45, 2.75) is 0 Å². The van der Waals surface area contributed by atoms with Gasteiger partial charge in [-0.05, 0) is 18.2 Å². The minimum atomic E-state index is -1.37. The lowest BCUT2D eigenvalue weighted by molar-refractivity contribution is -0.372. The number of hydrogen-bond acceptors (Lipinski definition) is 6. The lowest BCUT2D eigenvalue weighted by Gasteiger charge is -2.08. The number of thiol groups is 1. The number of rotatable bonds is 6. The van der Waals surface area contributed by atoms with Gasteiger partial charge in [-0.2, -0.15) is 12.6 Å². The highest BCUT2D eigenvalue weighted by atomic mass is 32.1. The number of quaternary nitrogens is 1. The van der Waals surface area contributed by atoms with Gasteiger partial charge in [-0.15, -0.1) is 0 Å². The summed E-state index contributed by atoms with van der Waals surface area (Å²) in [5, 5.41) is 22.7. The number of benzene rings is 1. The number of amides is 2. The second-order valence-corrected chi connectivity index (χ2v) is 4.24. The molecule has 0 aliphatic heterocycles. The maximum Gasteiger partial charge on any atom is 0.251 e. The Kier molecular flexibility index (Phi) is 10.4. The van der Waals surface area contributed by atoms with Gasteiger partial charge in [-0.25, -0.2) is 0 Å². The molecule has 0 aliphatic carbocycles. The number of carboxylic acid groups (broad SMARTS) is 1. The van der Waals surface area contributed by atoms with Gasteiger partial charge in [-0.1, -0.05) is 6.07 Å². The summed E-state index contributed by atoms with van der Waals surface area (Å²) in [6.07, 6.45) is 0. The van der Waals surface area contributed by atoms with Crippen molar-refractivity contribution in [1.29, 1.82) is 0 Å². The van der Waals surface area contributed by atoms with Crippen LogP contribution in [0.4, 0.5) is 5.69 Å². The van der Waals surface area contributed by atoms with Crippen molar-refractivity contribution >= 4 is 36.1 Å². The number of hydrogen-bond donors (Lipinski definition) is 5. The van der Waals surface area contributed by atoms with Crippen molar-refractivity contribution < 1.29 is 30.3 Å². The Morgan fingerprint density at radius 3 is 2.45 bits per heavy atom. The summed E-state index contributed by atoms with van der Waals surface area (Å²) in [4.78, 5) is 32.8. The molecular weight excluding hydrogens is 310 g/mol. The van der Waals surface area contributed by atoms with Gasteiger partial charge in [0, 0.05) is 11.3 Å². The summed E-state index contributed by atoms with van der Waals surface area (Å²) in [6.45, 7) is 0.270. The summed E-state index contributed by atoms with van der Waals surface area (Å²) in [6, 6.07) is 6.12. The summed E-state index contributed by atoms with van der Waals surface area (Å²) in [7, 11) is 0. The molecule has 22 heavy (non-hydrogen) atoms. The maximum atomic E-state index is 11.5. The van der Waals surface area contributed by atoms with Crippen LogP contribution in [0.15, 0.2) is 24.3 Å². The molecule has 1 aromatic carbocycles. The average molecular weight is 329 g/mol. The predicted octanol–water partition coefficient (Wildman–Crippen LogP) is -2.74. The Labute approximate surface area is 133 Å². The molecule has 2 amide bonds. The molecule has 0 aliphatic rings. The molecule has 0 spiro atoms. The lowest BCUT2D eigenvalue weighted by atomic mass is 10.2. The SMILES string of the molecule is O=C([O-])CNC(=O)c1cccc(NC(=O)CS)c1.[NH3+]CCO. The molecule has 0 atom stereocenters. The Morgan fingerprint density at radius 2 is 1.95 bits per heavy atom. The number of aliphatic carboxylic acids is 1. The summed E-state index contributed by atoms with van der Waals surface area (Å²) >= 11 is 3.80. The quantitative estimate of drug-likeness (QED) is 0.359. The average Bonchev–Trinajstić information content (AvgIpc) is 2.52. The molecular formula is C13H19N3O5S. The minimum absolute atomic E-state index is 0.0289. The molecule has 0 bridgehead atoms. The van der Waals surface area contributed by atoms with E-state index in [9.17, 15) is 19.5 Å².